The van der Waals surface area contributed by atoms with Crippen LogP contribution in [0.4, 0.5) is 0 Å². The maximum absolute atomic E-state index is 9.58. The summed E-state index contributed by atoms with van der Waals surface area (Å²) >= 11 is 11.6. The lowest BCUT2D eigenvalue weighted by atomic mass is 10.2. The third-order valence-corrected chi connectivity index (χ3v) is 2.36. The molecule has 0 atom stereocenters. The van der Waals surface area contributed by atoms with E-state index in [-0.39, 0.29) is 10.8 Å². The summed E-state index contributed by atoms with van der Waals surface area (Å²) in [5.41, 5.74) is 0.634. The van der Waals surface area contributed by atoms with Crippen LogP contribution < -0.4 is 0 Å². The number of pyridine rings is 1. The molecule has 0 aliphatic carbocycles. The molecule has 1 aromatic heterocycles. The number of nitrogens with zero attached hydrogens (tertiary/aromatic N) is 1. The zero-order chi connectivity index (χ0) is 9.42. The molecule has 66 valence electrons. The molecule has 0 fully saturated rings. The zero-order valence-electron chi connectivity index (χ0n) is 6.46. The molecule has 1 heterocycles. The number of rotatable bonds is 0. The van der Waals surface area contributed by atoms with Crippen LogP contribution in [0.15, 0.2) is 24.4 Å². The van der Waals surface area contributed by atoms with E-state index in [0.29, 0.717) is 15.9 Å². The minimum atomic E-state index is -0.0164. The van der Waals surface area contributed by atoms with Crippen LogP contribution in [0.5, 0.6) is 5.75 Å². The van der Waals surface area contributed by atoms with Crippen LogP contribution in [-0.2, 0) is 0 Å². The Labute approximate surface area is 84.7 Å². The van der Waals surface area contributed by atoms with Crippen molar-refractivity contribution < 1.29 is 5.11 Å². The summed E-state index contributed by atoms with van der Waals surface area (Å²) in [6.45, 7) is 0. The van der Waals surface area contributed by atoms with Crippen molar-refractivity contribution in [2.24, 2.45) is 0 Å². The summed E-state index contributed by atoms with van der Waals surface area (Å²) < 4.78 is 0. The first-order valence-corrected chi connectivity index (χ1v) is 4.37. The Morgan fingerprint density at radius 2 is 1.92 bits per heavy atom. The fourth-order valence-corrected chi connectivity index (χ4v) is 1.56. The Morgan fingerprint density at radius 1 is 1.15 bits per heavy atom. The molecule has 0 saturated carbocycles. The Bertz CT molecular complexity index is 470. The summed E-state index contributed by atoms with van der Waals surface area (Å²) in [7, 11) is 0. The van der Waals surface area contributed by atoms with Crippen LogP contribution in [0.3, 0.4) is 0 Å². The van der Waals surface area contributed by atoms with Gasteiger partial charge < -0.3 is 5.11 Å². The number of aromatic hydroxyl groups is 1. The molecule has 0 bridgehead atoms. The Kier molecular flexibility index (Phi) is 2.02. The lowest BCUT2D eigenvalue weighted by Crippen LogP contribution is -1.81. The summed E-state index contributed by atoms with van der Waals surface area (Å²) in [5.74, 6) is -0.0164. The maximum Gasteiger partial charge on any atom is 0.146 e. The highest BCUT2D eigenvalue weighted by Gasteiger charge is 2.08. The van der Waals surface area contributed by atoms with Gasteiger partial charge in [-0.3, -0.25) is 4.98 Å². The minimum absolute atomic E-state index is 0.0164. The van der Waals surface area contributed by atoms with Crippen LogP contribution in [0, 0.1) is 0 Å². The molecule has 0 amide bonds. The lowest BCUT2D eigenvalue weighted by Gasteiger charge is -2.03. The van der Waals surface area contributed by atoms with Crippen molar-refractivity contribution in [2.45, 2.75) is 0 Å². The van der Waals surface area contributed by atoms with Crippen molar-refractivity contribution in [3.05, 3.63) is 34.4 Å². The molecule has 1 aromatic carbocycles. The Balaban J connectivity index is 2.97. The Hall–Kier alpha value is -0.990. The molecule has 0 aliphatic heterocycles. The quantitative estimate of drug-likeness (QED) is 0.730. The summed E-state index contributed by atoms with van der Waals surface area (Å²) in [5, 5.41) is 10.7. The van der Waals surface area contributed by atoms with Crippen molar-refractivity contribution in [1.29, 1.82) is 0 Å². The van der Waals surface area contributed by atoms with Gasteiger partial charge in [0.2, 0.25) is 0 Å². The molecule has 13 heavy (non-hydrogen) atoms. The predicted octanol–water partition coefficient (Wildman–Crippen LogP) is 3.25. The molecule has 2 nitrogen and oxygen atoms in total. The van der Waals surface area contributed by atoms with Crippen molar-refractivity contribution in [3.8, 4) is 5.75 Å². The fourth-order valence-electron chi connectivity index (χ4n) is 1.16. The number of halogens is 2. The topological polar surface area (TPSA) is 33.1 Å². The smallest absolute Gasteiger partial charge is 0.146 e. The molecule has 0 aliphatic rings. The van der Waals surface area contributed by atoms with Crippen LogP contribution in [-0.4, -0.2) is 10.1 Å². The summed E-state index contributed by atoms with van der Waals surface area (Å²) in [4.78, 5) is 4.03. The van der Waals surface area contributed by atoms with Crippen LogP contribution in [0.2, 0.25) is 10.0 Å². The minimum Gasteiger partial charge on any atom is -0.506 e. The van der Waals surface area contributed by atoms with Crippen LogP contribution in [0.25, 0.3) is 10.9 Å². The molecular weight excluding hydrogens is 209 g/mol. The SMILES string of the molecule is Oc1c(Cl)cnc2cccc(Cl)c12. The average molecular weight is 214 g/mol. The first-order chi connectivity index (χ1) is 6.20. The summed E-state index contributed by atoms with van der Waals surface area (Å²) in [6, 6.07) is 5.21. The van der Waals surface area contributed by atoms with E-state index in [1.165, 1.54) is 6.20 Å². The lowest BCUT2D eigenvalue weighted by molar-refractivity contribution is 0.481. The second-order valence-electron chi connectivity index (χ2n) is 2.59. The average Bonchev–Trinajstić information content (AvgIpc) is 2.12. The van der Waals surface area contributed by atoms with Gasteiger partial charge in [-0.25, -0.2) is 0 Å². The van der Waals surface area contributed by atoms with Gasteiger partial charge >= 0.3 is 0 Å². The van der Waals surface area contributed by atoms with E-state index in [1.807, 2.05) is 0 Å². The predicted molar refractivity (Wildman–Crippen MR) is 53.4 cm³/mol. The molecule has 2 rings (SSSR count). The highest BCUT2D eigenvalue weighted by molar-refractivity contribution is 6.38. The largest absolute Gasteiger partial charge is 0.506 e. The fraction of sp³-hybridized carbons (Fsp3) is 0. The normalized spacial score (nSPS) is 10.6. The van der Waals surface area contributed by atoms with Gasteiger partial charge in [0.1, 0.15) is 10.8 Å². The van der Waals surface area contributed by atoms with E-state index in [9.17, 15) is 5.11 Å². The molecule has 0 unspecified atom stereocenters. The number of hydrogen-bond acceptors (Lipinski definition) is 2. The highest BCUT2D eigenvalue weighted by atomic mass is 35.5. The number of benzene rings is 1. The van der Waals surface area contributed by atoms with E-state index >= 15 is 0 Å². The number of aromatic nitrogens is 1. The molecule has 1 N–H and O–H groups in total. The third kappa shape index (κ3) is 1.32. The Morgan fingerprint density at radius 3 is 2.69 bits per heavy atom. The first kappa shape index (κ1) is 8.60. The van der Waals surface area contributed by atoms with Gasteiger partial charge in [-0.2, -0.15) is 0 Å². The van der Waals surface area contributed by atoms with Crippen molar-refractivity contribution >= 4 is 34.1 Å². The van der Waals surface area contributed by atoms with Crippen LogP contribution in [0.1, 0.15) is 0 Å². The number of hydrogen-bond donors (Lipinski definition) is 1. The first-order valence-electron chi connectivity index (χ1n) is 3.62. The van der Waals surface area contributed by atoms with E-state index < -0.39 is 0 Å². The van der Waals surface area contributed by atoms with Gasteiger partial charge in [0, 0.05) is 6.20 Å². The van der Waals surface area contributed by atoms with Crippen molar-refractivity contribution in [3.63, 3.8) is 0 Å². The summed E-state index contributed by atoms with van der Waals surface area (Å²) in [6.07, 6.45) is 1.40. The second kappa shape index (κ2) is 3.05. The standard InChI is InChI=1S/C9H5Cl2NO/c10-5-2-1-3-7-8(5)9(13)6(11)4-12-7/h1-4H,(H,12,13). The molecule has 0 saturated heterocycles. The molecule has 0 spiro atoms. The van der Waals surface area contributed by atoms with Gasteiger partial charge in [-0.1, -0.05) is 29.3 Å². The van der Waals surface area contributed by atoms with Gasteiger partial charge in [0.15, 0.2) is 0 Å². The molecule has 2 aromatic rings. The van der Waals surface area contributed by atoms with Crippen LogP contribution >= 0.6 is 23.2 Å². The monoisotopic (exact) mass is 213 g/mol. The molecule has 4 heteroatoms. The van der Waals surface area contributed by atoms with E-state index in [0.717, 1.165) is 0 Å². The molecular formula is C9H5Cl2NO. The van der Waals surface area contributed by atoms with Gasteiger partial charge in [0.25, 0.3) is 0 Å². The van der Waals surface area contributed by atoms with E-state index in [1.54, 1.807) is 18.2 Å². The van der Waals surface area contributed by atoms with Gasteiger partial charge in [-0.05, 0) is 12.1 Å². The number of fused-ring (bicyclic) bond motifs is 1. The van der Waals surface area contributed by atoms with E-state index in [2.05, 4.69) is 4.98 Å². The van der Waals surface area contributed by atoms with Crippen molar-refractivity contribution in [2.75, 3.05) is 0 Å². The molecule has 0 radical (unpaired) electrons. The van der Waals surface area contributed by atoms with Gasteiger partial charge in [0.05, 0.1) is 15.9 Å². The maximum atomic E-state index is 9.58. The zero-order valence-corrected chi connectivity index (χ0v) is 7.97. The second-order valence-corrected chi connectivity index (χ2v) is 3.40. The highest BCUT2D eigenvalue weighted by Crippen LogP contribution is 2.34. The third-order valence-electron chi connectivity index (χ3n) is 1.77. The van der Waals surface area contributed by atoms with Crippen molar-refractivity contribution in [1.82, 2.24) is 4.98 Å². The van der Waals surface area contributed by atoms with E-state index in [4.69, 9.17) is 23.2 Å². The van der Waals surface area contributed by atoms with Gasteiger partial charge in [-0.15, -0.1) is 0 Å².